The molecule has 5 heteroatoms. The maximum absolute atomic E-state index is 13.4. The van der Waals surface area contributed by atoms with Crippen LogP contribution in [0.3, 0.4) is 0 Å². The summed E-state index contributed by atoms with van der Waals surface area (Å²) in [6.07, 6.45) is 10.6. The van der Waals surface area contributed by atoms with Crippen molar-refractivity contribution in [2.24, 2.45) is 0 Å². The molecule has 0 bridgehead atoms. The molecular formula is C19H19FN2O2. The van der Waals surface area contributed by atoms with Crippen LogP contribution in [0, 0.1) is 18.2 Å². The van der Waals surface area contributed by atoms with E-state index in [0.717, 1.165) is 25.7 Å². The van der Waals surface area contributed by atoms with E-state index < -0.39 is 11.4 Å². The number of benzene rings is 1. The van der Waals surface area contributed by atoms with E-state index in [9.17, 15) is 14.0 Å². The Balaban J connectivity index is 2.05. The second-order valence-corrected chi connectivity index (χ2v) is 6.17. The fraction of sp³-hybridized carbons (Fsp3) is 0.368. The molecule has 1 aromatic heterocycles. The lowest BCUT2D eigenvalue weighted by Crippen LogP contribution is -2.42. The van der Waals surface area contributed by atoms with E-state index in [1.54, 1.807) is 4.90 Å². The Hall–Kier alpha value is -2.61. The van der Waals surface area contributed by atoms with Gasteiger partial charge in [0.25, 0.3) is 5.91 Å². The lowest BCUT2D eigenvalue weighted by Gasteiger charge is -2.33. The third kappa shape index (κ3) is 3.18. The van der Waals surface area contributed by atoms with Crippen LogP contribution in [0.1, 0.15) is 42.5 Å². The number of pyridine rings is 1. The molecule has 0 spiro atoms. The van der Waals surface area contributed by atoms with E-state index in [0.29, 0.717) is 10.9 Å². The van der Waals surface area contributed by atoms with Crippen molar-refractivity contribution in [3.8, 4) is 12.3 Å². The van der Waals surface area contributed by atoms with Gasteiger partial charge in [0.1, 0.15) is 5.82 Å². The van der Waals surface area contributed by atoms with Crippen LogP contribution in [0.2, 0.25) is 0 Å². The van der Waals surface area contributed by atoms with Crippen molar-refractivity contribution in [3.63, 3.8) is 0 Å². The van der Waals surface area contributed by atoms with Gasteiger partial charge < -0.3 is 9.88 Å². The van der Waals surface area contributed by atoms with E-state index in [-0.39, 0.29) is 24.1 Å². The molecule has 0 atom stereocenters. The molecule has 24 heavy (non-hydrogen) atoms. The van der Waals surface area contributed by atoms with Gasteiger partial charge in [-0.3, -0.25) is 9.59 Å². The number of fused-ring (bicyclic) bond motifs is 1. The van der Waals surface area contributed by atoms with Gasteiger partial charge in [0.05, 0.1) is 17.6 Å². The lowest BCUT2D eigenvalue weighted by molar-refractivity contribution is 0.0669. The monoisotopic (exact) mass is 326 g/mol. The third-order valence-corrected chi connectivity index (χ3v) is 4.57. The van der Waals surface area contributed by atoms with Gasteiger partial charge in [-0.2, -0.15) is 0 Å². The molecule has 1 fully saturated rings. The van der Waals surface area contributed by atoms with Crippen molar-refractivity contribution in [3.05, 3.63) is 46.0 Å². The molecule has 1 amide bonds. The number of halogens is 1. The van der Waals surface area contributed by atoms with Gasteiger partial charge in [0.2, 0.25) is 5.56 Å². The molecule has 3 rings (SSSR count). The standard InChI is InChI=1S/C19H19FN2O2/c1-2-10-22(14-6-4-3-5-7-14)19(24)16-12-18(23)21-17-11-13(20)8-9-15(16)17/h1,8-9,11-12,14H,3-7,10H2,(H,21,23). The highest BCUT2D eigenvalue weighted by Crippen LogP contribution is 2.25. The van der Waals surface area contributed by atoms with Crippen LogP contribution in [-0.4, -0.2) is 28.4 Å². The Morgan fingerprint density at radius 1 is 1.29 bits per heavy atom. The zero-order chi connectivity index (χ0) is 17.1. The first-order valence-corrected chi connectivity index (χ1v) is 8.17. The largest absolute Gasteiger partial charge is 0.325 e. The predicted molar refractivity (Wildman–Crippen MR) is 91.3 cm³/mol. The molecule has 1 aromatic carbocycles. The normalized spacial score (nSPS) is 15.2. The predicted octanol–water partition coefficient (Wildman–Crippen LogP) is 3.08. The topological polar surface area (TPSA) is 53.2 Å². The summed E-state index contributed by atoms with van der Waals surface area (Å²) in [4.78, 5) is 29.2. The summed E-state index contributed by atoms with van der Waals surface area (Å²) >= 11 is 0. The summed E-state index contributed by atoms with van der Waals surface area (Å²) in [6, 6.07) is 5.39. The second-order valence-electron chi connectivity index (χ2n) is 6.17. The maximum Gasteiger partial charge on any atom is 0.255 e. The number of amides is 1. The highest BCUT2D eigenvalue weighted by Gasteiger charge is 2.27. The number of aromatic nitrogens is 1. The molecule has 1 saturated carbocycles. The highest BCUT2D eigenvalue weighted by molar-refractivity contribution is 6.06. The van der Waals surface area contributed by atoms with Gasteiger partial charge >= 0.3 is 0 Å². The summed E-state index contributed by atoms with van der Waals surface area (Å²) in [5.74, 6) is 1.82. The first kappa shape index (κ1) is 16.3. The molecule has 1 aliphatic rings. The van der Waals surface area contributed by atoms with Crippen molar-refractivity contribution in [2.45, 2.75) is 38.1 Å². The summed E-state index contributed by atoms with van der Waals surface area (Å²) in [5.41, 5.74) is 0.158. The Bertz CT molecular complexity index is 860. The minimum absolute atomic E-state index is 0.0945. The Labute approximate surface area is 139 Å². The van der Waals surface area contributed by atoms with Gasteiger partial charge in [-0.25, -0.2) is 4.39 Å². The molecule has 0 saturated heterocycles. The second kappa shape index (κ2) is 6.88. The van der Waals surface area contributed by atoms with Crippen LogP contribution in [0.15, 0.2) is 29.1 Å². The van der Waals surface area contributed by atoms with Crippen LogP contribution in [-0.2, 0) is 0 Å². The SMILES string of the molecule is C#CCN(C(=O)c1cc(=O)[nH]c2cc(F)ccc12)C1CCCCC1. The Kier molecular flexibility index (Phi) is 4.66. The van der Waals surface area contributed by atoms with Crippen molar-refractivity contribution >= 4 is 16.8 Å². The van der Waals surface area contributed by atoms with Gasteiger partial charge in [0, 0.05) is 17.5 Å². The maximum atomic E-state index is 13.4. The van der Waals surface area contributed by atoms with Crippen molar-refractivity contribution in [1.29, 1.82) is 0 Å². The van der Waals surface area contributed by atoms with Crippen molar-refractivity contribution in [1.82, 2.24) is 9.88 Å². The number of terminal acetylenes is 1. The number of rotatable bonds is 3. The highest BCUT2D eigenvalue weighted by atomic mass is 19.1. The first-order chi connectivity index (χ1) is 11.6. The van der Waals surface area contributed by atoms with E-state index in [4.69, 9.17) is 6.42 Å². The Morgan fingerprint density at radius 2 is 2.04 bits per heavy atom. The van der Waals surface area contributed by atoms with E-state index in [2.05, 4.69) is 10.9 Å². The molecule has 0 unspecified atom stereocenters. The van der Waals surface area contributed by atoms with E-state index in [1.165, 1.54) is 30.7 Å². The van der Waals surface area contributed by atoms with E-state index in [1.807, 2.05) is 0 Å². The number of hydrogen-bond donors (Lipinski definition) is 1. The molecule has 1 aliphatic carbocycles. The molecular weight excluding hydrogens is 307 g/mol. The summed E-state index contributed by atoms with van der Waals surface area (Å²) in [7, 11) is 0. The number of hydrogen-bond acceptors (Lipinski definition) is 2. The minimum Gasteiger partial charge on any atom is -0.325 e. The number of nitrogens with one attached hydrogen (secondary N) is 1. The minimum atomic E-state index is -0.462. The molecule has 4 nitrogen and oxygen atoms in total. The van der Waals surface area contributed by atoms with Gasteiger partial charge in [-0.05, 0) is 31.0 Å². The smallest absolute Gasteiger partial charge is 0.255 e. The molecule has 0 aliphatic heterocycles. The number of nitrogens with zero attached hydrogens (tertiary/aromatic N) is 1. The van der Waals surface area contributed by atoms with Crippen molar-refractivity contribution in [2.75, 3.05) is 6.54 Å². The first-order valence-electron chi connectivity index (χ1n) is 8.17. The van der Waals surface area contributed by atoms with Crippen LogP contribution in [0.5, 0.6) is 0 Å². The third-order valence-electron chi connectivity index (χ3n) is 4.57. The molecule has 1 heterocycles. The fourth-order valence-electron chi connectivity index (χ4n) is 3.42. The van der Waals surface area contributed by atoms with Gasteiger partial charge in [-0.15, -0.1) is 6.42 Å². The number of carbonyl (C=O) groups is 1. The van der Waals surface area contributed by atoms with Crippen LogP contribution >= 0.6 is 0 Å². The molecule has 1 N–H and O–H groups in total. The fourth-order valence-corrected chi connectivity index (χ4v) is 3.42. The quantitative estimate of drug-likeness (QED) is 0.881. The summed E-state index contributed by atoms with van der Waals surface area (Å²) < 4.78 is 13.4. The number of H-pyrrole nitrogens is 1. The zero-order valence-corrected chi connectivity index (χ0v) is 13.3. The average Bonchev–Trinajstić information content (AvgIpc) is 2.58. The van der Waals surface area contributed by atoms with Crippen LogP contribution in [0.25, 0.3) is 10.9 Å². The van der Waals surface area contributed by atoms with Crippen LogP contribution in [0.4, 0.5) is 4.39 Å². The summed E-state index contributed by atoms with van der Waals surface area (Å²) in [5, 5.41) is 0.527. The molecule has 2 aromatic rings. The van der Waals surface area contributed by atoms with Crippen LogP contribution < -0.4 is 5.56 Å². The average molecular weight is 326 g/mol. The summed E-state index contributed by atoms with van der Waals surface area (Å²) in [6.45, 7) is 0.207. The van der Waals surface area contributed by atoms with E-state index >= 15 is 0 Å². The van der Waals surface area contributed by atoms with Gasteiger partial charge in [0.15, 0.2) is 0 Å². The number of carbonyl (C=O) groups excluding carboxylic acids is 1. The Morgan fingerprint density at radius 3 is 2.75 bits per heavy atom. The molecule has 124 valence electrons. The van der Waals surface area contributed by atoms with Crippen molar-refractivity contribution < 1.29 is 9.18 Å². The number of aromatic amines is 1. The lowest BCUT2D eigenvalue weighted by atomic mass is 9.93. The van der Waals surface area contributed by atoms with Gasteiger partial charge in [-0.1, -0.05) is 25.2 Å². The molecule has 0 radical (unpaired) electrons. The zero-order valence-electron chi connectivity index (χ0n) is 13.3.